The number of benzene rings is 1. The molecule has 0 saturated heterocycles. The molecule has 1 aromatic heterocycles. The van der Waals surface area contributed by atoms with Crippen LogP contribution in [0.15, 0.2) is 46.9 Å². The molecule has 7 heteroatoms. The second-order valence-corrected chi connectivity index (χ2v) is 6.59. The van der Waals surface area contributed by atoms with Gasteiger partial charge in [0.25, 0.3) is 0 Å². The first-order chi connectivity index (χ1) is 12.7. The molecular weight excluding hydrogens is 326 g/mol. The summed E-state index contributed by atoms with van der Waals surface area (Å²) in [6.45, 7) is 3.23. The normalized spacial score (nSPS) is 11.4. The number of aromatic nitrogens is 2. The topological polar surface area (TPSA) is 88.8 Å². The second kappa shape index (κ2) is 10.7. The molecule has 0 aliphatic rings. The van der Waals surface area contributed by atoms with Crippen LogP contribution in [-0.2, 0) is 13.1 Å². The van der Waals surface area contributed by atoms with E-state index in [1.54, 1.807) is 0 Å². The predicted molar refractivity (Wildman–Crippen MR) is 106 cm³/mol. The largest absolute Gasteiger partial charge is 0.421 e. The van der Waals surface area contributed by atoms with Crippen molar-refractivity contribution in [2.75, 3.05) is 32.1 Å². The van der Waals surface area contributed by atoms with Crippen molar-refractivity contribution in [1.29, 1.82) is 0 Å². The maximum Gasteiger partial charge on any atom is 0.421 e. The Kier molecular flexibility index (Phi) is 8.24. The zero-order valence-corrected chi connectivity index (χ0v) is 16.0. The second-order valence-electron chi connectivity index (χ2n) is 6.59. The molecule has 0 aliphatic heterocycles. The number of azo groups is 1. The van der Waals surface area contributed by atoms with Gasteiger partial charge in [0.15, 0.2) is 0 Å². The van der Waals surface area contributed by atoms with Crippen molar-refractivity contribution in [2.45, 2.75) is 38.8 Å². The van der Waals surface area contributed by atoms with E-state index in [2.05, 4.69) is 36.7 Å². The van der Waals surface area contributed by atoms with Gasteiger partial charge in [0.05, 0.1) is 25.5 Å². The Bertz CT molecular complexity index is 646. The number of aryl methyl sites for hydroxylation is 2. The number of anilines is 1. The van der Waals surface area contributed by atoms with Gasteiger partial charge in [-0.3, -0.25) is 0 Å². The number of unbranched alkanes of at least 4 members (excludes halogenated alkanes) is 2. The van der Waals surface area contributed by atoms with E-state index in [0.717, 1.165) is 56.1 Å². The summed E-state index contributed by atoms with van der Waals surface area (Å²) in [5.74, 6) is 0.871. The van der Waals surface area contributed by atoms with Crippen LogP contribution in [0.5, 0.6) is 0 Å². The minimum atomic E-state index is 0.715. The quantitative estimate of drug-likeness (QED) is 0.368. The molecule has 0 atom stereocenters. The third kappa shape index (κ3) is 5.93. The van der Waals surface area contributed by atoms with Crippen LogP contribution in [0.4, 0.5) is 17.3 Å². The highest BCUT2D eigenvalue weighted by molar-refractivity contribution is 5.51. The molecule has 0 unspecified atom stereocenters. The highest BCUT2D eigenvalue weighted by Gasteiger charge is 2.16. The van der Waals surface area contributed by atoms with Crippen molar-refractivity contribution in [1.82, 2.24) is 4.57 Å². The summed E-state index contributed by atoms with van der Waals surface area (Å²) < 4.78 is 4.30. The first-order valence-electron chi connectivity index (χ1n) is 9.33. The Balaban J connectivity index is 2.15. The number of rotatable bonds is 11. The van der Waals surface area contributed by atoms with Crippen molar-refractivity contribution < 1.29 is 4.57 Å². The van der Waals surface area contributed by atoms with E-state index >= 15 is 0 Å². The van der Waals surface area contributed by atoms with Crippen molar-refractivity contribution in [3.63, 3.8) is 0 Å². The molecule has 2 rings (SSSR count). The summed E-state index contributed by atoms with van der Waals surface area (Å²) in [7, 11) is 4.05. The van der Waals surface area contributed by atoms with Gasteiger partial charge in [-0.05, 0) is 63.0 Å². The monoisotopic (exact) mass is 358 g/mol. The third-order valence-corrected chi connectivity index (χ3v) is 4.27. The molecule has 142 valence electrons. The Morgan fingerprint density at radius 3 is 2.31 bits per heavy atom. The van der Waals surface area contributed by atoms with E-state index in [1.165, 1.54) is 0 Å². The van der Waals surface area contributed by atoms with Crippen LogP contribution < -0.4 is 20.9 Å². The highest BCUT2D eigenvalue weighted by Crippen LogP contribution is 2.20. The first-order valence-corrected chi connectivity index (χ1v) is 9.33. The van der Waals surface area contributed by atoms with E-state index in [-0.39, 0.29) is 0 Å². The average molecular weight is 359 g/mol. The van der Waals surface area contributed by atoms with Gasteiger partial charge >= 0.3 is 5.95 Å². The zero-order chi connectivity index (χ0) is 18.8. The highest BCUT2D eigenvalue weighted by atomic mass is 15.3. The molecule has 0 bridgehead atoms. The van der Waals surface area contributed by atoms with E-state index in [9.17, 15) is 0 Å². The molecular formula is C19H32N7+. The van der Waals surface area contributed by atoms with Crippen LogP contribution in [0.1, 0.15) is 25.7 Å². The lowest BCUT2D eigenvalue weighted by atomic mass is 10.3. The smallest absolute Gasteiger partial charge is 0.378 e. The molecule has 0 aliphatic carbocycles. The molecule has 0 saturated carbocycles. The molecule has 7 nitrogen and oxygen atoms in total. The number of hydrogen-bond acceptors (Lipinski definition) is 5. The van der Waals surface area contributed by atoms with Crippen molar-refractivity contribution in [3.8, 4) is 0 Å². The SMILES string of the molecule is CN(C)c1ccc(/N=N/c2n(CCCCN)cc[n+]2CCCCN)cc1. The fourth-order valence-corrected chi connectivity index (χ4v) is 2.70. The fraction of sp³-hybridized carbons (Fsp3) is 0.526. The molecule has 4 N–H and O–H groups in total. The van der Waals surface area contributed by atoms with Crippen molar-refractivity contribution in [3.05, 3.63) is 36.7 Å². The molecule has 26 heavy (non-hydrogen) atoms. The van der Waals surface area contributed by atoms with Crippen LogP contribution in [0.2, 0.25) is 0 Å². The lowest BCUT2D eigenvalue weighted by Crippen LogP contribution is -2.32. The van der Waals surface area contributed by atoms with Gasteiger partial charge in [0.1, 0.15) is 5.69 Å². The molecule has 0 radical (unpaired) electrons. The summed E-state index contributed by atoms with van der Waals surface area (Å²) in [6.07, 6.45) is 8.23. The predicted octanol–water partition coefficient (Wildman–Crippen LogP) is 2.73. The lowest BCUT2D eigenvalue weighted by molar-refractivity contribution is -0.684. The van der Waals surface area contributed by atoms with Crippen molar-refractivity contribution in [2.24, 2.45) is 21.7 Å². The molecule has 0 fully saturated rings. The molecule has 1 aromatic carbocycles. The average Bonchev–Trinajstić information content (AvgIpc) is 3.02. The van der Waals surface area contributed by atoms with Gasteiger partial charge < -0.3 is 16.4 Å². The maximum atomic E-state index is 5.61. The zero-order valence-electron chi connectivity index (χ0n) is 16.0. The first kappa shape index (κ1) is 20.1. The van der Waals surface area contributed by atoms with Gasteiger partial charge in [-0.1, -0.05) is 5.11 Å². The van der Waals surface area contributed by atoms with Crippen LogP contribution in [0.3, 0.4) is 0 Å². The Morgan fingerprint density at radius 1 is 0.962 bits per heavy atom. The number of nitrogens with zero attached hydrogens (tertiary/aromatic N) is 5. The van der Waals surface area contributed by atoms with E-state index in [4.69, 9.17) is 11.5 Å². The molecule has 0 amide bonds. The van der Waals surface area contributed by atoms with Crippen molar-refractivity contribution >= 4 is 17.3 Å². The number of nitrogens with two attached hydrogens (primary N) is 2. The maximum absolute atomic E-state index is 5.61. The Morgan fingerprint density at radius 2 is 1.65 bits per heavy atom. The molecule has 2 aromatic rings. The Labute approximate surface area is 156 Å². The van der Waals surface area contributed by atoms with E-state index in [0.29, 0.717) is 13.1 Å². The van der Waals surface area contributed by atoms with Gasteiger partial charge in [-0.2, -0.15) is 0 Å². The molecule has 1 heterocycles. The van der Waals surface area contributed by atoms with E-state index < -0.39 is 0 Å². The number of imidazole rings is 1. The van der Waals surface area contributed by atoms with Crippen LogP contribution >= 0.6 is 0 Å². The fourth-order valence-electron chi connectivity index (χ4n) is 2.70. The lowest BCUT2D eigenvalue weighted by Gasteiger charge is -2.11. The summed E-state index contributed by atoms with van der Waals surface area (Å²) in [6, 6.07) is 8.06. The summed E-state index contributed by atoms with van der Waals surface area (Å²) in [4.78, 5) is 2.06. The minimum absolute atomic E-state index is 0.715. The summed E-state index contributed by atoms with van der Waals surface area (Å²) in [5, 5.41) is 8.99. The van der Waals surface area contributed by atoms with Gasteiger partial charge in [-0.25, -0.2) is 9.13 Å². The van der Waals surface area contributed by atoms with Gasteiger partial charge in [0, 0.05) is 24.9 Å². The van der Waals surface area contributed by atoms with Gasteiger partial charge in [-0.15, -0.1) is 0 Å². The Hall–Kier alpha value is -2.25. The van der Waals surface area contributed by atoms with Crippen LogP contribution in [0, 0.1) is 0 Å². The standard InChI is InChI=1S/C19H32N7/c1-24(2)18-9-7-17(8-10-18)22-23-19-25(13-5-3-11-20)15-16-26(19)14-6-4-12-21/h7-10,15-16H,3-6,11-14,20-21H2,1-2H3/q+1. The third-order valence-electron chi connectivity index (χ3n) is 4.27. The summed E-state index contributed by atoms with van der Waals surface area (Å²) >= 11 is 0. The van der Waals surface area contributed by atoms with Crippen LogP contribution in [-0.4, -0.2) is 31.8 Å². The van der Waals surface area contributed by atoms with Crippen LogP contribution in [0.25, 0.3) is 0 Å². The van der Waals surface area contributed by atoms with Gasteiger partial charge in [0.2, 0.25) is 0 Å². The van der Waals surface area contributed by atoms with E-state index in [1.807, 2.05) is 38.4 Å². The molecule has 0 spiro atoms. The summed E-state index contributed by atoms with van der Waals surface area (Å²) in [5.41, 5.74) is 13.2. The number of hydrogen-bond donors (Lipinski definition) is 2. The minimum Gasteiger partial charge on any atom is -0.378 e.